The van der Waals surface area contributed by atoms with Crippen LogP contribution in [0.25, 0.3) is 0 Å². The molecule has 0 spiro atoms. The molecule has 3 nitrogen and oxygen atoms in total. The highest BCUT2D eigenvalue weighted by atomic mass is 32.2. The van der Waals surface area contributed by atoms with Crippen molar-refractivity contribution in [2.75, 3.05) is 13.2 Å². The van der Waals surface area contributed by atoms with E-state index in [0.717, 1.165) is 11.8 Å². The minimum Gasteiger partial charge on any atom is -0.213 e. The van der Waals surface area contributed by atoms with Crippen molar-refractivity contribution in [2.24, 2.45) is 0 Å². The zero-order chi connectivity index (χ0) is 13.3. The molecule has 78 valence electrons. The molecule has 0 aliphatic rings. The van der Waals surface area contributed by atoms with Gasteiger partial charge in [-0.2, -0.15) is 0 Å². The second-order valence-corrected chi connectivity index (χ2v) is 5.16. The van der Waals surface area contributed by atoms with Crippen LogP contribution in [0.5, 0.6) is 0 Å². The Morgan fingerprint density at radius 1 is 1.36 bits per heavy atom. The summed E-state index contributed by atoms with van der Waals surface area (Å²) in [5, 5.41) is 0. The van der Waals surface area contributed by atoms with Gasteiger partial charge >= 0.3 is 0 Å². The van der Waals surface area contributed by atoms with E-state index in [4.69, 9.17) is 4.11 Å². The minimum atomic E-state index is -3.76. The molecule has 0 radical (unpaired) electrons. The predicted octanol–water partition coefficient (Wildman–Crippen LogP) is 1.39. The van der Waals surface area contributed by atoms with Crippen molar-refractivity contribution in [1.29, 1.82) is 0 Å². The Balaban J connectivity index is 3.00. The van der Waals surface area contributed by atoms with Crippen LogP contribution >= 0.6 is 0 Å². The number of benzene rings is 1. The van der Waals surface area contributed by atoms with E-state index >= 15 is 0 Å². The topological polar surface area (TPSA) is 37.4 Å². The number of sulfonamides is 1. The van der Waals surface area contributed by atoms with Crippen LogP contribution in [0.4, 0.5) is 0 Å². The molecule has 0 N–H and O–H groups in total. The van der Waals surface area contributed by atoms with E-state index in [2.05, 4.69) is 0 Å². The maximum atomic E-state index is 11.4. The van der Waals surface area contributed by atoms with Gasteiger partial charge in [-0.1, -0.05) is 29.8 Å². The molecule has 0 atom stereocenters. The fourth-order valence-electron chi connectivity index (χ4n) is 0.977. The van der Waals surface area contributed by atoms with E-state index in [9.17, 15) is 8.42 Å². The van der Waals surface area contributed by atoms with Crippen LogP contribution in [0.2, 0.25) is 0 Å². The summed E-state index contributed by atoms with van der Waals surface area (Å²) in [4.78, 5) is 0. The molecular formula is C10H15NO2S. The Kier molecular flexibility index (Phi) is 2.18. The zero-order valence-corrected chi connectivity index (χ0v) is 9.00. The van der Waals surface area contributed by atoms with E-state index in [1.54, 1.807) is 12.1 Å². The van der Waals surface area contributed by atoms with Gasteiger partial charge in [-0.15, -0.1) is 0 Å². The third-order valence-electron chi connectivity index (χ3n) is 1.85. The standard InChI is InChI=1S/C10H15NO2S/c1-9-4-6-10(7-5-9)8-11(2)14(3,12)13/h4-7H,8H2,1-3H3/i2D3. The van der Waals surface area contributed by atoms with Gasteiger partial charge in [0.05, 0.1) is 6.26 Å². The monoisotopic (exact) mass is 216 g/mol. The van der Waals surface area contributed by atoms with Gasteiger partial charge in [0.25, 0.3) is 0 Å². The highest BCUT2D eigenvalue weighted by Crippen LogP contribution is 2.07. The van der Waals surface area contributed by atoms with Gasteiger partial charge in [0.15, 0.2) is 0 Å². The lowest BCUT2D eigenvalue weighted by atomic mass is 10.1. The van der Waals surface area contributed by atoms with Crippen LogP contribution in [-0.4, -0.2) is 26.0 Å². The van der Waals surface area contributed by atoms with Crippen LogP contribution in [0.3, 0.4) is 0 Å². The first kappa shape index (κ1) is 7.43. The van der Waals surface area contributed by atoms with Crippen LogP contribution < -0.4 is 0 Å². The molecule has 0 saturated carbocycles. The summed E-state index contributed by atoms with van der Waals surface area (Å²) in [6, 6.07) is 7.07. The number of rotatable bonds is 3. The fourth-order valence-corrected chi connectivity index (χ4v) is 1.36. The summed E-state index contributed by atoms with van der Waals surface area (Å²) in [6.07, 6.45) is 0.896. The Hall–Kier alpha value is -0.870. The summed E-state index contributed by atoms with van der Waals surface area (Å²) in [5.41, 5.74) is 1.69. The number of hydrogen-bond donors (Lipinski definition) is 0. The first-order valence-corrected chi connectivity index (χ1v) is 5.99. The lowest BCUT2D eigenvalue weighted by molar-refractivity contribution is 0.472. The summed E-state index contributed by atoms with van der Waals surface area (Å²) < 4.78 is 45.0. The molecule has 1 aromatic carbocycles. The molecule has 0 amide bonds. The molecule has 0 heterocycles. The molecule has 0 bridgehead atoms. The van der Waals surface area contributed by atoms with Crippen molar-refractivity contribution in [3.05, 3.63) is 35.4 Å². The van der Waals surface area contributed by atoms with Crippen LogP contribution in [0, 0.1) is 6.92 Å². The van der Waals surface area contributed by atoms with Crippen molar-refractivity contribution < 1.29 is 12.5 Å². The number of hydrogen-bond acceptors (Lipinski definition) is 2. The lowest BCUT2D eigenvalue weighted by Crippen LogP contribution is -2.24. The second kappa shape index (κ2) is 4.11. The van der Waals surface area contributed by atoms with E-state index in [1.165, 1.54) is 0 Å². The minimum absolute atomic E-state index is 0.143. The van der Waals surface area contributed by atoms with Gasteiger partial charge in [-0.25, -0.2) is 12.7 Å². The fraction of sp³-hybridized carbons (Fsp3) is 0.400. The first-order valence-electron chi connectivity index (χ1n) is 5.64. The van der Waals surface area contributed by atoms with E-state index in [1.807, 2.05) is 19.1 Å². The molecule has 1 rings (SSSR count). The van der Waals surface area contributed by atoms with Crippen molar-refractivity contribution in [3.8, 4) is 0 Å². The van der Waals surface area contributed by atoms with Crippen LogP contribution in [-0.2, 0) is 16.6 Å². The number of nitrogens with zero attached hydrogens (tertiary/aromatic N) is 1. The Labute approximate surface area is 89.6 Å². The predicted molar refractivity (Wildman–Crippen MR) is 57.5 cm³/mol. The van der Waals surface area contributed by atoms with Gasteiger partial charge in [0, 0.05) is 17.6 Å². The van der Waals surface area contributed by atoms with E-state index in [0.29, 0.717) is 9.87 Å². The molecule has 4 heteroatoms. The molecule has 0 aliphatic heterocycles. The highest BCUT2D eigenvalue weighted by Gasteiger charge is 2.10. The van der Waals surface area contributed by atoms with Crippen LogP contribution in [0.1, 0.15) is 15.2 Å². The molecule has 0 unspecified atom stereocenters. The number of aryl methyl sites for hydroxylation is 1. The molecule has 0 fully saturated rings. The molecule has 1 aromatic rings. The maximum absolute atomic E-state index is 11.4. The van der Waals surface area contributed by atoms with Gasteiger partial charge < -0.3 is 0 Å². The van der Waals surface area contributed by atoms with E-state index < -0.39 is 17.0 Å². The van der Waals surface area contributed by atoms with Crippen molar-refractivity contribution in [2.45, 2.75) is 13.5 Å². The molecular weight excluding hydrogens is 198 g/mol. The second-order valence-electron chi connectivity index (χ2n) is 3.26. The van der Waals surface area contributed by atoms with Gasteiger partial charge in [-0.05, 0) is 12.5 Å². The van der Waals surface area contributed by atoms with E-state index in [-0.39, 0.29) is 6.54 Å². The average molecular weight is 216 g/mol. The summed E-state index contributed by atoms with van der Waals surface area (Å²) in [7, 11) is -3.76. The Bertz CT molecular complexity index is 479. The van der Waals surface area contributed by atoms with Crippen molar-refractivity contribution in [3.63, 3.8) is 0 Å². The molecule has 0 aliphatic carbocycles. The highest BCUT2D eigenvalue weighted by molar-refractivity contribution is 7.88. The lowest BCUT2D eigenvalue weighted by Gasteiger charge is -2.13. The largest absolute Gasteiger partial charge is 0.213 e. The van der Waals surface area contributed by atoms with Crippen LogP contribution in [0.15, 0.2) is 24.3 Å². The Morgan fingerprint density at radius 3 is 2.36 bits per heavy atom. The smallest absolute Gasteiger partial charge is 0.211 e. The quantitative estimate of drug-likeness (QED) is 0.765. The summed E-state index contributed by atoms with van der Waals surface area (Å²) in [6.45, 7) is -0.893. The summed E-state index contributed by atoms with van der Waals surface area (Å²) in [5.74, 6) is 0. The molecule has 0 saturated heterocycles. The third kappa shape index (κ3) is 3.12. The Morgan fingerprint density at radius 2 is 1.93 bits per heavy atom. The van der Waals surface area contributed by atoms with Gasteiger partial charge in [-0.3, -0.25) is 0 Å². The zero-order valence-electron chi connectivity index (χ0n) is 11.2. The van der Waals surface area contributed by atoms with Gasteiger partial charge in [0.1, 0.15) is 0 Å². The molecule has 0 aromatic heterocycles. The van der Waals surface area contributed by atoms with Crippen molar-refractivity contribution >= 4 is 10.0 Å². The summed E-state index contributed by atoms with van der Waals surface area (Å²) >= 11 is 0. The molecule has 14 heavy (non-hydrogen) atoms. The average Bonchev–Trinajstić information content (AvgIpc) is 2.13. The SMILES string of the molecule is [2H]C([2H])([2H])N(Cc1ccc(C)cc1)S(C)(=O)=O. The maximum Gasteiger partial charge on any atom is 0.211 e. The first-order chi connectivity index (χ1) is 7.60. The van der Waals surface area contributed by atoms with Gasteiger partial charge in [0.2, 0.25) is 10.0 Å². The van der Waals surface area contributed by atoms with Crippen molar-refractivity contribution in [1.82, 2.24) is 4.31 Å². The normalized spacial score (nSPS) is 16.1. The third-order valence-corrected chi connectivity index (χ3v) is 2.78.